The van der Waals surface area contributed by atoms with Gasteiger partial charge >= 0.3 is 5.69 Å². The number of benzene rings is 3. The van der Waals surface area contributed by atoms with Crippen LogP contribution >= 0.6 is 0 Å². The van der Waals surface area contributed by atoms with Gasteiger partial charge in [-0.15, -0.1) is 0 Å². The standard InChI is InChI=1S/C30H27N3O3/c1-5-19-14-16-20(17-15-19)28-27-26-24(29(34)32(4)30(35)31(26)3)25(21-11-7-6-10-18(21)2)33(27)22-12-8-9-13-23(22)36-28/h6-17,28H,5H2,1-4H3/t28-/m1/s1. The second-order valence-corrected chi connectivity index (χ2v) is 9.37. The van der Waals surface area contributed by atoms with Crippen molar-refractivity contribution in [2.24, 2.45) is 14.1 Å². The molecule has 0 spiro atoms. The topological polar surface area (TPSA) is 58.2 Å². The summed E-state index contributed by atoms with van der Waals surface area (Å²) in [6, 6.07) is 24.3. The van der Waals surface area contributed by atoms with E-state index < -0.39 is 6.10 Å². The van der Waals surface area contributed by atoms with Crippen LogP contribution in [-0.4, -0.2) is 13.7 Å². The summed E-state index contributed by atoms with van der Waals surface area (Å²) in [6.45, 7) is 4.17. The number of hydrogen-bond donors (Lipinski definition) is 0. The predicted octanol–water partition coefficient (Wildman–Crippen LogP) is 5.05. The Bertz CT molecular complexity index is 1770. The Kier molecular flexibility index (Phi) is 5.00. The van der Waals surface area contributed by atoms with E-state index in [1.165, 1.54) is 17.2 Å². The zero-order chi connectivity index (χ0) is 25.1. The minimum atomic E-state index is -0.496. The average Bonchev–Trinajstić information content (AvgIpc) is 3.27. The Morgan fingerprint density at radius 1 is 0.861 bits per heavy atom. The molecule has 0 N–H and O–H groups in total. The van der Waals surface area contributed by atoms with Crippen molar-refractivity contribution in [3.05, 3.63) is 116 Å². The van der Waals surface area contributed by atoms with E-state index in [0.29, 0.717) is 10.9 Å². The Morgan fingerprint density at radius 3 is 2.28 bits per heavy atom. The summed E-state index contributed by atoms with van der Waals surface area (Å²) in [6.07, 6.45) is 0.444. The summed E-state index contributed by atoms with van der Waals surface area (Å²) in [5, 5.41) is 0.513. The van der Waals surface area contributed by atoms with Crippen molar-refractivity contribution in [1.29, 1.82) is 0 Å². The van der Waals surface area contributed by atoms with Crippen LogP contribution in [-0.2, 0) is 20.5 Å². The van der Waals surface area contributed by atoms with E-state index in [1.54, 1.807) is 11.6 Å². The fourth-order valence-corrected chi connectivity index (χ4v) is 5.36. The minimum absolute atomic E-state index is 0.314. The summed E-state index contributed by atoms with van der Waals surface area (Å²) < 4.78 is 11.5. The fraction of sp³-hybridized carbons (Fsp3) is 0.200. The fourth-order valence-electron chi connectivity index (χ4n) is 5.36. The summed E-state index contributed by atoms with van der Waals surface area (Å²) in [5.41, 5.74) is 6.51. The van der Waals surface area contributed by atoms with Gasteiger partial charge in [0.05, 0.1) is 28.0 Å². The maximum Gasteiger partial charge on any atom is 0.331 e. The summed E-state index contributed by atoms with van der Waals surface area (Å²) in [7, 11) is 3.26. The zero-order valence-corrected chi connectivity index (χ0v) is 20.8. The van der Waals surface area contributed by atoms with E-state index in [9.17, 15) is 9.59 Å². The van der Waals surface area contributed by atoms with Gasteiger partial charge in [-0.3, -0.25) is 13.9 Å². The van der Waals surface area contributed by atoms with Crippen LogP contribution in [0.15, 0.2) is 82.4 Å². The molecule has 3 heterocycles. The molecule has 0 fully saturated rings. The third kappa shape index (κ3) is 3.04. The Balaban J connectivity index is 1.84. The largest absolute Gasteiger partial charge is 0.477 e. The quantitative estimate of drug-likeness (QED) is 0.366. The number of aryl methyl sites for hydroxylation is 3. The van der Waals surface area contributed by atoms with E-state index >= 15 is 0 Å². The summed E-state index contributed by atoms with van der Waals surface area (Å²) >= 11 is 0. The molecule has 36 heavy (non-hydrogen) atoms. The van der Waals surface area contributed by atoms with Crippen molar-refractivity contribution in [3.8, 4) is 22.7 Å². The smallest absolute Gasteiger partial charge is 0.331 e. The molecule has 3 aromatic carbocycles. The van der Waals surface area contributed by atoms with Gasteiger partial charge in [-0.2, -0.15) is 0 Å². The Morgan fingerprint density at radius 2 is 1.56 bits per heavy atom. The lowest BCUT2D eigenvalue weighted by molar-refractivity contribution is 0.229. The van der Waals surface area contributed by atoms with Crippen molar-refractivity contribution in [3.63, 3.8) is 0 Å². The maximum atomic E-state index is 13.8. The highest BCUT2D eigenvalue weighted by Crippen LogP contribution is 2.46. The van der Waals surface area contributed by atoms with Crippen LogP contribution in [0, 0.1) is 6.92 Å². The first-order valence-electron chi connectivity index (χ1n) is 12.2. The lowest BCUT2D eigenvalue weighted by atomic mass is 10.0. The molecule has 1 aliphatic rings. The van der Waals surface area contributed by atoms with Gasteiger partial charge in [-0.25, -0.2) is 4.79 Å². The second-order valence-electron chi connectivity index (χ2n) is 9.37. The number of rotatable bonds is 3. The molecule has 6 nitrogen and oxygen atoms in total. The molecule has 0 bridgehead atoms. The first-order chi connectivity index (χ1) is 17.4. The van der Waals surface area contributed by atoms with Crippen molar-refractivity contribution >= 4 is 10.9 Å². The summed E-state index contributed by atoms with van der Waals surface area (Å²) in [5.74, 6) is 0.728. The number of nitrogens with zero attached hydrogens (tertiary/aromatic N) is 3. The van der Waals surface area contributed by atoms with Gasteiger partial charge in [-0.1, -0.05) is 67.6 Å². The first kappa shape index (κ1) is 22.2. The first-order valence-corrected chi connectivity index (χ1v) is 12.2. The highest BCUT2D eigenvalue weighted by molar-refractivity contribution is 5.98. The van der Waals surface area contributed by atoms with Crippen molar-refractivity contribution in [1.82, 2.24) is 13.7 Å². The van der Waals surface area contributed by atoms with Gasteiger partial charge < -0.3 is 9.30 Å². The third-order valence-corrected chi connectivity index (χ3v) is 7.30. The van der Waals surface area contributed by atoms with Crippen LogP contribution in [0.5, 0.6) is 5.75 Å². The molecule has 5 aromatic rings. The number of aromatic nitrogens is 3. The molecule has 6 heteroatoms. The van der Waals surface area contributed by atoms with E-state index in [-0.39, 0.29) is 11.2 Å². The number of ether oxygens (including phenoxy) is 1. The average molecular weight is 478 g/mol. The molecule has 0 unspecified atom stereocenters. The highest BCUT2D eigenvalue weighted by atomic mass is 16.5. The number of hydrogen-bond acceptors (Lipinski definition) is 3. The van der Waals surface area contributed by atoms with Gasteiger partial charge in [0.2, 0.25) is 0 Å². The second kappa shape index (κ2) is 8.12. The van der Waals surface area contributed by atoms with Crippen LogP contribution in [0.4, 0.5) is 0 Å². The van der Waals surface area contributed by atoms with Crippen molar-refractivity contribution < 1.29 is 4.74 Å². The highest BCUT2D eigenvalue weighted by Gasteiger charge is 2.36. The van der Waals surface area contributed by atoms with Crippen LogP contribution in [0.3, 0.4) is 0 Å². The molecule has 1 aliphatic heterocycles. The molecule has 0 amide bonds. The van der Waals surface area contributed by atoms with E-state index in [0.717, 1.165) is 45.9 Å². The minimum Gasteiger partial charge on any atom is -0.477 e. The van der Waals surface area contributed by atoms with E-state index in [2.05, 4.69) is 35.8 Å². The molecule has 0 aliphatic carbocycles. The molecule has 1 atom stereocenters. The van der Waals surface area contributed by atoms with Gasteiger partial charge in [0.1, 0.15) is 5.75 Å². The van der Waals surface area contributed by atoms with E-state index in [4.69, 9.17) is 4.74 Å². The maximum absolute atomic E-state index is 13.8. The zero-order valence-electron chi connectivity index (χ0n) is 20.8. The van der Waals surface area contributed by atoms with Crippen LogP contribution < -0.4 is 16.0 Å². The Labute approximate surface area is 208 Å². The number of fused-ring (bicyclic) bond motifs is 5. The number of para-hydroxylation sites is 2. The van der Waals surface area contributed by atoms with Crippen LogP contribution in [0.25, 0.3) is 27.8 Å². The van der Waals surface area contributed by atoms with Crippen LogP contribution in [0.1, 0.15) is 35.4 Å². The molecule has 2 aromatic heterocycles. The van der Waals surface area contributed by atoms with Gasteiger partial charge in [0, 0.05) is 19.7 Å². The molecule has 0 saturated heterocycles. The molecular weight excluding hydrogens is 450 g/mol. The third-order valence-electron chi connectivity index (χ3n) is 7.30. The molecule has 0 radical (unpaired) electrons. The molecule has 6 rings (SSSR count). The van der Waals surface area contributed by atoms with E-state index in [1.807, 2.05) is 55.5 Å². The monoisotopic (exact) mass is 477 g/mol. The molecular formula is C30H27N3O3. The lowest BCUT2D eigenvalue weighted by Crippen LogP contribution is -2.37. The molecule has 180 valence electrons. The normalized spacial score (nSPS) is 14.4. The SMILES string of the molecule is CCc1ccc([C@H]2Oc3ccccc3-n3c(-c4ccccc4C)c4c(=O)n(C)c(=O)n(C)c4c32)cc1. The van der Waals surface area contributed by atoms with Crippen molar-refractivity contribution in [2.75, 3.05) is 0 Å². The Hall–Kier alpha value is -4.32. The van der Waals surface area contributed by atoms with Gasteiger partial charge in [0.15, 0.2) is 6.10 Å². The van der Waals surface area contributed by atoms with Gasteiger partial charge in [-0.05, 0) is 42.2 Å². The summed E-state index contributed by atoms with van der Waals surface area (Å²) in [4.78, 5) is 26.9. The predicted molar refractivity (Wildman–Crippen MR) is 142 cm³/mol. The molecule has 0 saturated carbocycles. The van der Waals surface area contributed by atoms with Gasteiger partial charge in [0.25, 0.3) is 5.56 Å². The van der Waals surface area contributed by atoms with Crippen molar-refractivity contribution in [2.45, 2.75) is 26.4 Å². The lowest BCUT2D eigenvalue weighted by Gasteiger charge is -2.30. The van der Waals surface area contributed by atoms with Crippen LogP contribution in [0.2, 0.25) is 0 Å².